The molecule has 7 nitrogen and oxygen atoms in total. The number of fused-ring (bicyclic) bond motifs is 1. The number of aromatic nitrogens is 4. The van der Waals surface area contributed by atoms with Gasteiger partial charge in [0.2, 0.25) is 0 Å². The van der Waals surface area contributed by atoms with E-state index in [2.05, 4.69) is 51.7 Å². The molecule has 3 aromatic heterocycles. The average molecular weight is 429 g/mol. The van der Waals surface area contributed by atoms with E-state index in [1.165, 1.54) is 16.2 Å². The lowest BCUT2D eigenvalue weighted by Gasteiger charge is -2.31. The highest BCUT2D eigenvalue weighted by molar-refractivity contribution is 7.09. The van der Waals surface area contributed by atoms with Crippen LogP contribution in [0.15, 0.2) is 24.0 Å². The summed E-state index contributed by atoms with van der Waals surface area (Å²) >= 11 is 1.74. The first-order valence-electron chi connectivity index (χ1n) is 10.7. The molecule has 4 heterocycles. The highest BCUT2D eigenvalue weighted by Crippen LogP contribution is 2.33. The molecule has 30 heavy (non-hydrogen) atoms. The summed E-state index contributed by atoms with van der Waals surface area (Å²) in [5.74, 6) is 1.44. The second kappa shape index (κ2) is 9.41. The van der Waals surface area contributed by atoms with Gasteiger partial charge in [-0.15, -0.1) is 11.3 Å². The van der Waals surface area contributed by atoms with Crippen molar-refractivity contribution in [2.75, 3.05) is 45.3 Å². The first-order valence-corrected chi connectivity index (χ1v) is 11.6. The van der Waals surface area contributed by atoms with Crippen LogP contribution in [0.1, 0.15) is 49.4 Å². The normalized spacial score (nSPS) is 16.0. The van der Waals surface area contributed by atoms with Gasteiger partial charge in [-0.2, -0.15) is 0 Å². The second-order valence-corrected chi connectivity index (χ2v) is 9.35. The van der Waals surface area contributed by atoms with Gasteiger partial charge < -0.3 is 14.2 Å². The van der Waals surface area contributed by atoms with Crippen LogP contribution in [0.2, 0.25) is 0 Å². The zero-order valence-corrected chi connectivity index (χ0v) is 19.2. The molecule has 0 aliphatic carbocycles. The Morgan fingerprint density at radius 2 is 2.07 bits per heavy atom. The van der Waals surface area contributed by atoms with Crippen LogP contribution in [-0.2, 0) is 11.3 Å². The molecule has 4 rings (SSSR count). The van der Waals surface area contributed by atoms with Crippen LogP contribution in [0.3, 0.4) is 0 Å². The van der Waals surface area contributed by atoms with Crippen LogP contribution < -0.4 is 4.90 Å². The molecule has 0 radical (unpaired) electrons. The van der Waals surface area contributed by atoms with Gasteiger partial charge >= 0.3 is 0 Å². The summed E-state index contributed by atoms with van der Waals surface area (Å²) in [7, 11) is 3.82. The summed E-state index contributed by atoms with van der Waals surface area (Å²) in [6, 6.07) is 2.64. The van der Waals surface area contributed by atoms with E-state index >= 15 is 0 Å². The van der Waals surface area contributed by atoms with E-state index in [1.807, 2.05) is 12.5 Å². The molecule has 0 N–H and O–H groups in total. The summed E-state index contributed by atoms with van der Waals surface area (Å²) in [5.41, 5.74) is 3.35. The van der Waals surface area contributed by atoms with Crippen LogP contribution in [-0.4, -0.2) is 64.8 Å². The van der Waals surface area contributed by atoms with E-state index < -0.39 is 0 Å². The van der Waals surface area contributed by atoms with Gasteiger partial charge in [0.15, 0.2) is 5.82 Å². The largest absolute Gasteiger partial charge is 0.383 e. The summed E-state index contributed by atoms with van der Waals surface area (Å²) in [5, 5.41) is 3.26. The smallest absolute Gasteiger partial charge is 0.156 e. The van der Waals surface area contributed by atoms with E-state index in [-0.39, 0.29) is 0 Å². The quantitative estimate of drug-likeness (QED) is 0.542. The van der Waals surface area contributed by atoms with Crippen molar-refractivity contribution in [1.29, 1.82) is 0 Å². The number of imidazole rings is 1. The summed E-state index contributed by atoms with van der Waals surface area (Å²) in [6.07, 6.45) is 6.10. The van der Waals surface area contributed by atoms with Crippen molar-refractivity contribution in [2.45, 2.75) is 45.2 Å². The molecular weight excluding hydrogens is 396 g/mol. The van der Waals surface area contributed by atoms with Crippen molar-refractivity contribution < 1.29 is 4.74 Å². The molecular formula is C22H32N6OS. The summed E-state index contributed by atoms with van der Waals surface area (Å²) < 4.78 is 7.54. The fourth-order valence-electron chi connectivity index (χ4n) is 4.16. The monoisotopic (exact) mass is 428 g/mol. The molecule has 162 valence electrons. The Hall–Kier alpha value is -2.03. The van der Waals surface area contributed by atoms with Gasteiger partial charge in [-0.3, -0.25) is 4.90 Å². The van der Waals surface area contributed by atoms with Crippen molar-refractivity contribution in [1.82, 2.24) is 24.4 Å². The first-order chi connectivity index (χ1) is 14.6. The van der Waals surface area contributed by atoms with E-state index in [4.69, 9.17) is 14.7 Å². The van der Waals surface area contributed by atoms with Crippen LogP contribution in [0.4, 0.5) is 5.82 Å². The summed E-state index contributed by atoms with van der Waals surface area (Å²) in [6.45, 7) is 9.00. The average Bonchev–Trinajstić information content (AvgIpc) is 3.41. The lowest BCUT2D eigenvalue weighted by atomic mass is 9.92. The molecule has 0 amide bonds. The Bertz CT molecular complexity index is 946. The first kappa shape index (κ1) is 21.2. The fraction of sp³-hybridized carbons (Fsp3) is 0.591. The highest BCUT2D eigenvalue weighted by atomic mass is 32.1. The number of likely N-dealkylation sites (tertiary alicyclic amines) is 1. The van der Waals surface area contributed by atoms with Gasteiger partial charge in [-0.1, -0.05) is 0 Å². The number of piperidine rings is 1. The van der Waals surface area contributed by atoms with Gasteiger partial charge in [0, 0.05) is 49.9 Å². The molecule has 0 saturated carbocycles. The van der Waals surface area contributed by atoms with Gasteiger partial charge in [-0.25, -0.2) is 15.0 Å². The zero-order chi connectivity index (χ0) is 21.1. The van der Waals surface area contributed by atoms with Crippen LogP contribution >= 0.6 is 11.3 Å². The van der Waals surface area contributed by atoms with E-state index in [0.717, 1.165) is 50.4 Å². The van der Waals surface area contributed by atoms with Crippen molar-refractivity contribution in [2.24, 2.45) is 0 Å². The standard InChI is InChI=1S/C22H32N6OS/c1-16(2)28-15-24-21-19(28)13-18(25-22(21)26(3)10-11-29-4)17-5-8-27(9-6-17)14-20-23-7-12-30-20/h7,12-13,15-17H,5-6,8-11,14H2,1-4H3. The van der Waals surface area contributed by atoms with Gasteiger partial charge in [0.25, 0.3) is 0 Å². The number of pyridine rings is 1. The van der Waals surface area contributed by atoms with Crippen molar-refractivity contribution in [3.8, 4) is 0 Å². The number of thiazole rings is 1. The third-order valence-electron chi connectivity index (χ3n) is 5.96. The maximum Gasteiger partial charge on any atom is 0.156 e. The lowest BCUT2D eigenvalue weighted by Crippen LogP contribution is -2.33. The molecule has 1 aliphatic rings. The third-order valence-corrected chi connectivity index (χ3v) is 6.72. The number of nitrogens with zero attached hydrogens (tertiary/aromatic N) is 6. The Morgan fingerprint density at radius 3 is 2.73 bits per heavy atom. The minimum Gasteiger partial charge on any atom is -0.383 e. The van der Waals surface area contributed by atoms with E-state index in [0.29, 0.717) is 18.6 Å². The fourth-order valence-corrected chi connectivity index (χ4v) is 4.82. The van der Waals surface area contributed by atoms with Gasteiger partial charge in [-0.05, 0) is 45.8 Å². The Labute approximate surface area is 182 Å². The molecule has 0 unspecified atom stereocenters. The van der Waals surface area contributed by atoms with E-state index in [1.54, 1.807) is 18.4 Å². The maximum absolute atomic E-state index is 5.29. The number of likely N-dealkylation sites (N-methyl/N-ethyl adjacent to an activating group) is 1. The third kappa shape index (κ3) is 4.50. The molecule has 3 aromatic rings. The van der Waals surface area contributed by atoms with Crippen molar-refractivity contribution in [3.63, 3.8) is 0 Å². The number of hydrogen-bond donors (Lipinski definition) is 0. The molecule has 0 bridgehead atoms. The molecule has 0 spiro atoms. The number of ether oxygens (including phenoxy) is 1. The second-order valence-electron chi connectivity index (χ2n) is 8.37. The highest BCUT2D eigenvalue weighted by Gasteiger charge is 2.25. The van der Waals surface area contributed by atoms with E-state index in [9.17, 15) is 0 Å². The summed E-state index contributed by atoms with van der Waals surface area (Å²) in [4.78, 5) is 18.9. The minimum absolute atomic E-state index is 0.363. The molecule has 1 fully saturated rings. The predicted octanol–water partition coefficient (Wildman–Crippen LogP) is 3.93. The number of anilines is 1. The topological polar surface area (TPSA) is 59.3 Å². The van der Waals surface area contributed by atoms with Crippen LogP contribution in [0.5, 0.6) is 0 Å². The number of methoxy groups -OCH3 is 1. The lowest BCUT2D eigenvalue weighted by molar-refractivity contribution is 0.203. The Kier molecular flexibility index (Phi) is 6.65. The molecule has 1 saturated heterocycles. The van der Waals surface area contributed by atoms with Gasteiger partial charge in [0.1, 0.15) is 10.5 Å². The molecule has 1 aliphatic heterocycles. The zero-order valence-electron chi connectivity index (χ0n) is 18.4. The maximum atomic E-state index is 5.29. The number of hydrogen-bond acceptors (Lipinski definition) is 7. The SMILES string of the molecule is COCCN(C)c1nc(C2CCN(Cc3nccs3)CC2)cc2c1ncn2C(C)C. The minimum atomic E-state index is 0.363. The Morgan fingerprint density at radius 1 is 1.27 bits per heavy atom. The Balaban J connectivity index is 1.58. The van der Waals surface area contributed by atoms with Crippen LogP contribution in [0, 0.1) is 0 Å². The molecule has 0 aromatic carbocycles. The van der Waals surface area contributed by atoms with Crippen LogP contribution in [0.25, 0.3) is 11.0 Å². The predicted molar refractivity (Wildman–Crippen MR) is 122 cm³/mol. The van der Waals surface area contributed by atoms with Crippen molar-refractivity contribution >= 4 is 28.2 Å². The molecule has 0 atom stereocenters. The van der Waals surface area contributed by atoms with Crippen molar-refractivity contribution in [3.05, 3.63) is 34.7 Å². The van der Waals surface area contributed by atoms with Gasteiger partial charge in [0.05, 0.1) is 25.0 Å². The number of rotatable bonds is 8. The molecule has 8 heteroatoms.